The number of aryl methyl sites for hydroxylation is 1. The van der Waals surface area contributed by atoms with Crippen LogP contribution in [0.1, 0.15) is 54.6 Å². The summed E-state index contributed by atoms with van der Waals surface area (Å²) in [6, 6.07) is 9.43. The summed E-state index contributed by atoms with van der Waals surface area (Å²) < 4.78 is 12.0. The molecule has 1 aromatic carbocycles. The first-order valence-corrected chi connectivity index (χ1v) is 10.8. The summed E-state index contributed by atoms with van der Waals surface area (Å²) in [5.41, 5.74) is 3.16. The predicted octanol–water partition coefficient (Wildman–Crippen LogP) is 3.97. The van der Waals surface area contributed by atoms with E-state index >= 15 is 0 Å². The molecule has 1 saturated heterocycles. The Balaban J connectivity index is 1.43. The largest absolute Gasteiger partial charge is 0.491 e. The van der Waals surface area contributed by atoms with E-state index in [0.29, 0.717) is 31.4 Å². The van der Waals surface area contributed by atoms with Crippen molar-refractivity contribution in [1.29, 1.82) is 0 Å². The van der Waals surface area contributed by atoms with Gasteiger partial charge in [-0.25, -0.2) is 0 Å². The lowest BCUT2D eigenvalue weighted by Gasteiger charge is -2.45. The molecule has 6 nitrogen and oxygen atoms in total. The Kier molecular flexibility index (Phi) is 6.12. The maximum absolute atomic E-state index is 13.0. The van der Waals surface area contributed by atoms with E-state index in [-0.39, 0.29) is 18.7 Å². The predicted molar refractivity (Wildman–Crippen MR) is 119 cm³/mol. The van der Waals surface area contributed by atoms with Gasteiger partial charge >= 0.3 is 0 Å². The van der Waals surface area contributed by atoms with Crippen LogP contribution in [0.3, 0.4) is 0 Å². The van der Waals surface area contributed by atoms with E-state index in [1.54, 1.807) is 11.1 Å². The van der Waals surface area contributed by atoms with Gasteiger partial charge in [0.15, 0.2) is 0 Å². The summed E-state index contributed by atoms with van der Waals surface area (Å²) in [4.78, 5) is 19.0. The molecule has 1 amide bonds. The van der Waals surface area contributed by atoms with Crippen LogP contribution in [0.2, 0.25) is 0 Å². The number of hydrogen-bond acceptors (Lipinski definition) is 5. The van der Waals surface area contributed by atoms with Gasteiger partial charge in [-0.15, -0.1) is 0 Å². The highest BCUT2D eigenvalue weighted by Crippen LogP contribution is 2.40. The van der Waals surface area contributed by atoms with E-state index in [0.717, 1.165) is 22.4 Å². The second-order valence-electron chi connectivity index (χ2n) is 8.80. The fourth-order valence-corrected chi connectivity index (χ4v) is 4.40. The lowest BCUT2D eigenvalue weighted by Crippen LogP contribution is -2.51. The van der Waals surface area contributed by atoms with E-state index in [1.165, 1.54) is 0 Å². The fourth-order valence-electron chi connectivity index (χ4n) is 4.40. The second-order valence-corrected chi connectivity index (χ2v) is 8.80. The number of aliphatic hydroxyl groups excluding tert-OH is 1. The van der Waals surface area contributed by atoms with Crippen LogP contribution < -0.4 is 4.74 Å². The third kappa shape index (κ3) is 4.81. The van der Waals surface area contributed by atoms with Gasteiger partial charge in [0.05, 0.1) is 17.8 Å². The zero-order valence-corrected chi connectivity index (χ0v) is 18.4. The Morgan fingerprint density at radius 2 is 2.19 bits per heavy atom. The Morgan fingerprint density at radius 1 is 1.35 bits per heavy atom. The normalized spacial score (nSPS) is 23.7. The Bertz CT molecular complexity index is 963. The van der Waals surface area contributed by atoms with Gasteiger partial charge < -0.3 is 19.5 Å². The number of benzene rings is 1. The lowest BCUT2D eigenvalue weighted by atomic mass is 9.78. The quantitative estimate of drug-likeness (QED) is 0.807. The van der Waals surface area contributed by atoms with Gasteiger partial charge in [0, 0.05) is 37.3 Å². The molecule has 164 valence electrons. The third-order valence-electron chi connectivity index (χ3n) is 5.96. The molecule has 1 aliphatic carbocycles. The summed E-state index contributed by atoms with van der Waals surface area (Å²) in [6.07, 6.45) is 6.89. The molecule has 2 unspecified atom stereocenters. The van der Waals surface area contributed by atoms with Gasteiger partial charge in [-0.05, 0) is 68.2 Å². The van der Waals surface area contributed by atoms with Gasteiger partial charge in [-0.2, -0.15) is 0 Å². The molecule has 2 heterocycles. The minimum Gasteiger partial charge on any atom is -0.491 e. The molecule has 0 radical (unpaired) electrons. The number of pyridine rings is 1. The molecule has 2 atom stereocenters. The maximum atomic E-state index is 13.0. The third-order valence-corrected chi connectivity index (χ3v) is 5.96. The van der Waals surface area contributed by atoms with Crippen LogP contribution in [-0.4, -0.2) is 52.0 Å². The zero-order chi connectivity index (χ0) is 22.0. The highest BCUT2D eigenvalue weighted by atomic mass is 16.5. The summed E-state index contributed by atoms with van der Waals surface area (Å²) in [7, 11) is 0. The molecule has 1 aromatic heterocycles. The number of aromatic nitrogens is 1. The molecule has 1 N–H and O–H groups in total. The van der Waals surface area contributed by atoms with E-state index in [1.807, 2.05) is 63.4 Å². The van der Waals surface area contributed by atoms with Crippen molar-refractivity contribution in [3.63, 3.8) is 0 Å². The van der Waals surface area contributed by atoms with E-state index in [4.69, 9.17) is 9.47 Å². The first kappa shape index (κ1) is 21.5. The molecule has 4 rings (SSSR count). The summed E-state index contributed by atoms with van der Waals surface area (Å²) in [6.45, 7) is 6.73. The van der Waals surface area contributed by atoms with Gasteiger partial charge in [0.25, 0.3) is 5.91 Å². The van der Waals surface area contributed by atoms with Crippen molar-refractivity contribution in [2.45, 2.75) is 57.8 Å². The van der Waals surface area contributed by atoms with Crippen LogP contribution in [0, 0.1) is 6.92 Å². The molecular weight excluding hydrogens is 392 g/mol. The summed E-state index contributed by atoms with van der Waals surface area (Å²) in [5.74, 6) is 0.750. The molecular formula is C25H30N2O4. The first-order chi connectivity index (χ1) is 14.8. The SMILES string of the molecule is Cc1cc(C(=O)N2CCC3(CC(c4cccnc4)=CC(O)C3)OC2)ccc1OC(C)C. The number of carbonyl (C=O) groups excluding carboxylic acids is 1. The number of carbonyl (C=O) groups is 1. The molecule has 2 aliphatic rings. The van der Waals surface area contributed by atoms with E-state index in [2.05, 4.69) is 4.98 Å². The monoisotopic (exact) mass is 422 g/mol. The van der Waals surface area contributed by atoms with Crippen molar-refractivity contribution in [3.05, 3.63) is 65.5 Å². The molecule has 1 fully saturated rings. The minimum atomic E-state index is -0.567. The fraction of sp³-hybridized carbons (Fsp3) is 0.440. The van der Waals surface area contributed by atoms with Crippen LogP contribution in [-0.2, 0) is 4.74 Å². The highest BCUT2D eigenvalue weighted by Gasteiger charge is 2.41. The highest BCUT2D eigenvalue weighted by molar-refractivity contribution is 5.94. The molecule has 0 bridgehead atoms. The van der Waals surface area contributed by atoms with Crippen molar-refractivity contribution in [2.24, 2.45) is 0 Å². The van der Waals surface area contributed by atoms with E-state index in [9.17, 15) is 9.90 Å². The number of hydrogen-bond donors (Lipinski definition) is 1. The van der Waals surface area contributed by atoms with Crippen molar-refractivity contribution >= 4 is 11.5 Å². The van der Waals surface area contributed by atoms with Gasteiger partial charge in [0.1, 0.15) is 12.5 Å². The van der Waals surface area contributed by atoms with Crippen molar-refractivity contribution in [2.75, 3.05) is 13.3 Å². The van der Waals surface area contributed by atoms with Crippen LogP contribution in [0.5, 0.6) is 5.75 Å². The first-order valence-electron chi connectivity index (χ1n) is 10.8. The van der Waals surface area contributed by atoms with Crippen molar-refractivity contribution in [3.8, 4) is 5.75 Å². The average molecular weight is 423 g/mol. The second kappa shape index (κ2) is 8.81. The van der Waals surface area contributed by atoms with Gasteiger partial charge in [0.2, 0.25) is 0 Å². The number of amides is 1. The van der Waals surface area contributed by atoms with E-state index < -0.39 is 11.7 Å². The van der Waals surface area contributed by atoms with Crippen molar-refractivity contribution < 1.29 is 19.4 Å². The molecule has 0 saturated carbocycles. The minimum absolute atomic E-state index is 0.0478. The lowest BCUT2D eigenvalue weighted by molar-refractivity contribution is -0.138. The number of rotatable bonds is 4. The Morgan fingerprint density at radius 3 is 2.84 bits per heavy atom. The zero-order valence-electron chi connectivity index (χ0n) is 18.4. The molecule has 1 spiro atoms. The summed E-state index contributed by atoms with van der Waals surface area (Å²) in [5, 5.41) is 10.5. The maximum Gasteiger partial charge on any atom is 0.255 e. The summed E-state index contributed by atoms with van der Waals surface area (Å²) >= 11 is 0. The topological polar surface area (TPSA) is 71.9 Å². The van der Waals surface area contributed by atoms with Crippen LogP contribution in [0.15, 0.2) is 48.8 Å². The number of ether oxygens (including phenoxy) is 2. The van der Waals surface area contributed by atoms with Crippen LogP contribution >= 0.6 is 0 Å². The number of nitrogens with zero attached hydrogens (tertiary/aromatic N) is 2. The Labute approximate surface area is 183 Å². The van der Waals surface area contributed by atoms with Crippen LogP contribution in [0.25, 0.3) is 5.57 Å². The molecule has 31 heavy (non-hydrogen) atoms. The molecule has 2 aromatic rings. The van der Waals surface area contributed by atoms with Crippen molar-refractivity contribution in [1.82, 2.24) is 9.88 Å². The Hall–Kier alpha value is -2.70. The number of aliphatic hydroxyl groups is 1. The van der Waals surface area contributed by atoms with Gasteiger partial charge in [-0.1, -0.05) is 12.1 Å². The smallest absolute Gasteiger partial charge is 0.255 e. The molecule has 6 heteroatoms. The standard InChI is InChI=1S/C25H30N2O4/c1-17(2)31-23-7-6-19(11-18(23)3)24(29)27-10-8-25(30-16-27)13-21(12-22(28)14-25)20-5-4-9-26-15-20/h4-7,9,11-12,15,17,22,28H,8,10,13-14,16H2,1-3H3. The average Bonchev–Trinajstić information content (AvgIpc) is 2.75. The van der Waals surface area contributed by atoms with Gasteiger partial charge in [-0.3, -0.25) is 9.78 Å². The van der Waals surface area contributed by atoms with Crippen LogP contribution in [0.4, 0.5) is 0 Å². The molecule has 1 aliphatic heterocycles.